The summed E-state index contributed by atoms with van der Waals surface area (Å²) in [6, 6.07) is 7.61. The number of rotatable bonds is 4. The van der Waals surface area contributed by atoms with Crippen molar-refractivity contribution in [3.05, 3.63) is 24.3 Å². The van der Waals surface area contributed by atoms with E-state index in [-0.39, 0.29) is 0 Å². The summed E-state index contributed by atoms with van der Waals surface area (Å²) in [6.45, 7) is 6.13. The van der Waals surface area contributed by atoms with Crippen molar-refractivity contribution in [2.24, 2.45) is 4.99 Å². The summed E-state index contributed by atoms with van der Waals surface area (Å²) in [5, 5.41) is 0. The second-order valence-electron chi connectivity index (χ2n) is 3.02. The van der Waals surface area contributed by atoms with E-state index in [1.54, 1.807) is 0 Å². The second kappa shape index (κ2) is 5.27. The van der Waals surface area contributed by atoms with Crippen LogP contribution in [0, 0.1) is 0 Å². The fourth-order valence-corrected chi connectivity index (χ4v) is 1.14. The molecule has 0 heterocycles. The first-order valence-corrected chi connectivity index (χ1v) is 4.90. The molecular weight excluding hydrogens is 174 g/mol. The molecule has 0 aliphatic rings. The highest BCUT2D eigenvalue weighted by molar-refractivity contribution is 5.69. The molecule has 0 aromatic heterocycles. The molecule has 0 amide bonds. The summed E-state index contributed by atoms with van der Waals surface area (Å²) >= 11 is 0. The molecule has 0 atom stereocenters. The lowest BCUT2D eigenvalue weighted by molar-refractivity contribution is 0.480. The standard InChI is InChI=1S/C11H17N3/c1-3-14(4-2)9-13-11-8-6-5-7-10(11)12/h5-9H,3-4,12H2,1-2H3. The molecule has 0 aliphatic heterocycles. The van der Waals surface area contributed by atoms with Crippen molar-refractivity contribution in [1.82, 2.24) is 4.90 Å². The highest BCUT2D eigenvalue weighted by atomic mass is 15.1. The number of aliphatic imine (C=N–C) groups is 1. The van der Waals surface area contributed by atoms with E-state index in [0.29, 0.717) is 0 Å². The number of nitrogens with zero attached hydrogens (tertiary/aromatic N) is 2. The maximum Gasteiger partial charge on any atom is 0.0913 e. The first-order chi connectivity index (χ1) is 6.77. The number of hydrogen-bond donors (Lipinski definition) is 1. The fraction of sp³-hybridized carbons (Fsp3) is 0.364. The molecule has 1 rings (SSSR count). The molecule has 0 aliphatic carbocycles. The first kappa shape index (κ1) is 10.6. The van der Waals surface area contributed by atoms with E-state index >= 15 is 0 Å². The molecule has 1 aromatic rings. The summed E-state index contributed by atoms with van der Waals surface area (Å²) in [4.78, 5) is 6.44. The van der Waals surface area contributed by atoms with Crippen molar-refractivity contribution in [3.8, 4) is 0 Å². The third-order valence-electron chi connectivity index (χ3n) is 2.11. The SMILES string of the molecule is CCN(C=Nc1ccccc1N)CC. The second-order valence-corrected chi connectivity index (χ2v) is 3.02. The van der Waals surface area contributed by atoms with Gasteiger partial charge in [0.05, 0.1) is 17.7 Å². The Labute approximate surface area is 85.3 Å². The Bertz CT molecular complexity index is 303. The molecule has 3 heteroatoms. The van der Waals surface area contributed by atoms with Crippen LogP contribution in [0.4, 0.5) is 11.4 Å². The average Bonchev–Trinajstić information content (AvgIpc) is 2.22. The summed E-state index contributed by atoms with van der Waals surface area (Å²) in [7, 11) is 0. The molecule has 2 N–H and O–H groups in total. The number of hydrogen-bond acceptors (Lipinski definition) is 2. The van der Waals surface area contributed by atoms with E-state index in [1.807, 2.05) is 30.6 Å². The Morgan fingerprint density at radius 1 is 1.29 bits per heavy atom. The monoisotopic (exact) mass is 191 g/mol. The van der Waals surface area contributed by atoms with Gasteiger partial charge in [-0.3, -0.25) is 0 Å². The fourth-order valence-electron chi connectivity index (χ4n) is 1.14. The zero-order valence-corrected chi connectivity index (χ0v) is 8.77. The average molecular weight is 191 g/mol. The Hall–Kier alpha value is -1.51. The van der Waals surface area contributed by atoms with Gasteiger partial charge in [-0.2, -0.15) is 0 Å². The van der Waals surface area contributed by atoms with Crippen LogP contribution in [0.2, 0.25) is 0 Å². The van der Waals surface area contributed by atoms with Gasteiger partial charge < -0.3 is 10.6 Å². The van der Waals surface area contributed by atoms with Crippen LogP contribution in [0.15, 0.2) is 29.3 Å². The lowest BCUT2D eigenvalue weighted by Crippen LogP contribution is -2.20. The molecule has 0 saturated heterocycles. The summed E-state index contributed by atoms with van der Waals surface area (Å²) in [5.41, 5.74) is 7.31. The van der Waals surface area contributed by atoms with E-state index in [1.165, 1.54) is 0 Å². The van der Waals surface area contributed by atoms with Gasteiger partial charge in [-0.15, -0.1) is 0 Å². The normalized spacial score (nSPS) is 10.7. The van der Waals surface area contributed by atoms with Gasteiger partial charge in [0, 0.05) is 13.1 Å². The van der Waals surface area contributed by atoms with Gasteiger partial charge in [0.25, 0.3) is 0 Å². The topological polar surface area (TPSA) is 41.6 Å². The predicted molar refractivity (Wildman–Crippen MR) is 61.9 cm³/mol. The summed E-state index contributed by atoms with van der Waals surface area (Å²) < 4.78 is 0. The molecule has 14 heavy (non-hydrogen) atoms. The smallest absolute Gasteiger partial charge is 0.0913 e. The lowest BCUT2D eigenvalue weighted by atomic mass is 10.3. The van der Waals surface area contributed by atoms with Crippen LogP contribution >= 0.6 is 0 Å². The molecule has 76 valence electrons. The van der Waals surface area contributed by atoms with E-state index in [9.17, 15) is 0 Å². The summed E-state index contributed by atoms with van der Waals surface area (Å²) in [6.07, 6.45) is 1.84. The third kappa shape index (κ3) is 2.76. The highest BCUT2D eigenvalue weighted by Crippen LogP contribution is 2.19. The van der Waals surface area contributed by atoms with Crippen molar-refractivity contribution in [2.45, 2.75) is 13.8 Å². The Morgan fingerprint density at radius 3 is 2.50 bits per heavy atom. The van der Waals surface area contributed by atoms with Crippen LogP contribution < -0.4 is 5.73 Å². The zero-order chi connectivity index (χ0) is 10.4. The van der Waals surface area contributed by atoms with Crippen molar-refractivity contribution in [3.63, 3.8) is 0 Å². The largest absolute Gasteiger partial charge is 0.397 e. The lowest BCUT2D eigenvalue weighted by Gasteiger charge is -2.13. The Morgan fingerprint density at radius 2 is 1.93 bits per heavy atom. The quantitative estimate of drug-likeness (QED) is 0.450. The van der Waals surface area contributed by atoms with Crippen molar-refractivity contribution in [1.29, 1.82) is 0 Å². The van der Waals surface area contributed by atoms with Gasteiger partial charge in [0.1, 0.15) is 0 Å². The molecule has 0 fully saturated rings. The van der Waals surface area contributed by atoms with Crippen LogP contribution in [0.1, 0.15) is 13.8 Å². The van der Waals surface area contributed by atoms with Gasteiger partial charge in [-0.1, -0.05) is 12.1 Å². The molecule has 0 saturated carbocycles. The zero-order valence-electron chi connectivity index (χ0n) is 8.77. The van der Waals surface area contributed by atoms with Crippen LogP contribution in [-0.4, -0.2) is 24.3 Å². The maximum atomic E-state index is 5.76. The molecule has 0 bridgehead atoms. The van der Waals surface area contributed by atoms with E-state index in [0.717, 1.165) is 24.5 Å². The van der Waals surface area contributed by atoms with Crippen LogP contribution in [0.5, 0.6) is 0 Å². The van der Waals surface area contributed by atoms with E-state index < -0.39 is 0 Å². The third-order valence-corrected chi connectivity index (χ3v) is 2.11. The van der Waals surface area contributed by atoms with Crippen molar-refractivity contribution >= 4 is 17.7 Å². The van der Waals surface area contributed by atoms with Gasteiger partial charge in [-0.05, 0) is 26.0 Å². The number of nitrogen functional groups attached to an aromatic ring is 1. The number of nitrogens with two attached hydrogens (primary N) is 1. The molecular formula is C11H17N3. The maximum absolute atomic E-state index is 5.76. The molecule has 0 radical (unpaired) electrons. The highest BCUT2D eigenvalue weighted by Gasteiger charge is 1.94. The minimum atomic E-state index is 0.718. The van der Waals surface area contributed by atoms with Crippen molar-refractivity contribution < 1.29 is 0 Å². The Kier molecular flexibility index (Phi) is 3.98. The van der Waals surface area contributed by atoms with Gasteiger partial charge in [-0.25, -0.2) is 4.99 Å². The van der Waals surface area contributed by atoms with Gasteiger partial charge >= 0.3 is 0 Å². The van der Waals surface area contributed by atoms with Gasteiger partial charge in [0.15, 0.2) is 0 Å². The summed E-state index contributed by atoms with van der Waals surface area (Å²) in [5.74, 6) is 0. The number of anilines is 1. The molecule has 0 spiro atoms. The predicted octanol–water partition coefficient (Wildman–Crippen LogP) is 2.27. The minimum absolute atomic E-state index is 0.718. The van der Waals surface area contributed by atoms with Crippen LogP contribution in [-0.2, 0) is 0 Å². The minimum Gasteiger partial charge on any atom is -0.397 e. The molecule has 3 nitrogen and oxygen atoms in total. The van der Waals surface area contributed by atoms with E-state index in [4.69, 9.17) is 5.73 Å². The number of benzene rings is 1. The molecule has 1 aromatic carbocycles. The molecule has 0 unspecified atom stereocenters. The first-order valence-electron chi connectivity index (χ1n) is 4.90. The number of para-hydroxylation sites is 2. The van der Waals surface area contributed by atoms with E-state index in [2.05, 4.69) is 23.7 Å². The van der Waals surface area contributed by atoms with Crippen LogP contribution in [0.25, 0.3) is 0 Å². The van der Waals surface area contributed by atoms with Crippen molar-refractivity contribution in [2.75, 3.05) is 18.8 Å². The Balaban J connectivity index is 2.72. The van der Waals surface area contributed by atoms with Gasteiger partial charge in [0.2, 0.25) is 0 Å². The van der Waals surface area contributed by atoms with Crippen LogP contribution in [0.3, 0.4) is 0 Å².